The number of fused-ring (bicyclic) bond motifs is 11. The summed E-state index contributed by atoms with van der Waals surface area (Å²) in [4.78, 5) is 2.52. The number of nitrogens with zero attached hydrogens (tertiary/aromatic N) is 2. The average Bonchev–Trinajstić information content (AvgIpc) is 3.31. The predicted octanol–water partition coefficient (Wildman–Crippen LogP) is 5.40. The largest absolute Gasteiger partial charge is 0.326 e. The molecule has 1 aliphatic carbocycles. The lowest BCUT2D eigenvalue weighted by atomic mass is 9.84. The summed E-state index contributed by atoms with van der Waals surface area (Å²) in [5.41, 5.74) is 9.42. The predicted molar refractivity (Wildman–Crippen MR) is 97.8 cm³/mol. The first-order valence-corrected chi connectivity index (χ1v) is 8.49. The summed E-state index contributed by atoms with van der Waals surface area (Å²) < 4.78 is 2.35. The summed E-state index contributed by atoms with van der Waals surface area (Å²) in [6.07, 6.45) is 7.99. The fourth-order valence-corrected chi connectivity index (χ4v) is 4.51. The van der Waals surface area contributed by atoms with Gasteiger partial charge in [-0.05, 0) is 47.9 Å². The van der Waals surface area contributed by atoms with Crippen molar-refractivity contribution in [3.05, 3.63) is 95.8 Å². The quantitative estimate of drug-likeness (QED) is 0.540. The second-order valence-electron chi connectivity index (χ2n) is 6.59. The highest BCUT2D eigenvalue weighted by Crippen LogP contribution is 2.56. The van der Waals surface area contributed by atoms with Crippen LogP contribution in [0.1, 0.15) is 23.7 Å². The first-order valence-electron chi connectivity index (χ1n) is 8.49. The number of allylic oxidation sites excluding steroid dienone is 2. The maximum absolute atomic E-state index is 2.52. The van der Waals surface area contributed by atoms with Crippen LogP contribution in [0.4, 0.5) is 11.4 Å². The molecule has 0 spiro atoms. The molecule has 3 aromatic rings. The molecule has 1 atom stereocenters. The average molecular weight is 308 g/mol. The Morgan fingerprint density at radius 1 is 0.750 bits per heavy atom. The van der Waals surface area contributed by atoms with Crippen molar-refractivity contribution >= 4 is 16.9 Å². The minimum absolute atomic E-state index is 0.263. The lowest BCUT2D eigenvalue weighted by Crippen LogP contribution is -2.35. The Morgan fingerprint density at radius 2 is 1.54 bits per heavy atom. The van der Waals surface area contributed by atoms with E-state index in [-0.39, 0.29) is 6.04 Å². The first-order chi connectivity index (χ1) is 11.9. The fraction of sp³-hybridized carbons (Fsp3) is 0.0909. The molecular weight excluding hydrogens is 292 g/mol. The molecule has 3 aliphatic rings. The fourth-order valence-electron chi connectivity index (χ4n) is 4.51. The monoisotopic (exact) mass is 308 g/mol. The van der Waals surface area contributed by atoms with E-state index in [1.54, 1.807) is 0 Å². The van der Waals surface area contributed by atoms with Crippen LogP contribution in [0, 0.1) is 0 Å². The van der Waals surface area contributed by atoms with E-state index in [1.165, 1.54) is 39.5 Å². The zero-order valence-electron chi connectivity index (χ0n) is 13.2. The minimum atomic E-state index is 0.263. The minimum Gasteiger partial charge on any atom is -0.326 e. The summed E-state index contributed by atoms with van der Waals surface area (Å²) >= 11 is 0. The van der Waals surface area contributed by atoms with Gasteiger partial charge in [-0.2, -0.15) is 0 Å². The van der Waals surface area contributed by atoms with Gasteiger partial charge in [-0.15, -0.1) is 0 Å². The first kappa shape index (κ1) is 12.4. The van der Waals surface area contributed by atoms with Crippen LogP contribution in [0.3, 0.4) is 0 Å². The van der Waals surface area contributed by atoms with E-state index in [1.807, 2.05) is 0 Å². The number of aromatic nitrogens is 1. The number of benzene rings is 2. The molecule has 2 nitrogen and oxygen atoms in total. The molecule has 0 saturated heterocycles. The lowest BCUT2D eigenvalue weighted by molar-refractivity contribution is 0.723. The molecule has 0 fully saturated rings. The molecule has 24 heavy (non-hydrogen) atoms. The Kier molecular flexibility index (Phi) is 2.22. The van der Waals surface area contributed by atoms with Crippen LogP contribution < -0.4 is 4.90 Å². The van der Waals surface area contributed by atoms with Crippen molar-refractivity contribution in [2.75, 3.05) is 4.90 Å². The number of hydrogen-bond acceptors (Lipinski definition) is 1. The summed E-state index contributed by atoms with van der Waals surface area (Å²) in [6.45, 7) is 0. The Balaban J connectivity index is 1.75. The third-order valence-electron chi connectivity index (χ3n) is 5.44. The van der Waals surface area contributed by atoms with E-state index in [0.717, 1.165) is 6.42 Å². The van der Waals surface area contributed by atoms with Crippen LogP contribution >= 0.6 is 0 Å². The number of anilines is 2. The Hall–Kier alpha value is -3.00. The van der Waals surface area contributed by atoms with E-state index in [2.05, 4.69) is 88.5 Å². The van der Waals surface area contributed by atoms with Gasteiger partial charge in [0.1, 0.15) is 6.04 Å². The van der Waals surface area contributed by atoms with Crippen LogP contribution in [0.2, 0.25) is 0 Å². The molecule has 0 saturated carbocycles. The summed E-state index contributed by atoms with van der Waals surface area (Å²) in [7, 11) is 0. The number of para-hydroxylation sites is 3. The van der Waals surface area contributed by atoms with E-state index in [4.69, 9.17) is 0 Å². The maximum Gasteiger partial charge on any atom is 0.100 e. The van der Waals surface area contributed by atoms with Crippen molar-refractivity contribution in [2.45, 2.75) is 12.5 Å². The second-order valence-corrected chi connectivity index (χ2v) is 6.59. The van der Waals surface area contributed by atoms with Gasteiger partial charge in [-0.3, -0.25) is 0 Å². The van der Waals surface area contributed by atoms with Crippen molar-refractivity contribution in [1.29, 1.82) is 0 Å². The van der Waals surface area contributed by atoms with Crippen molar-refractivity contribution in [1.82, 2.24) is 4.57 Å². The van der Waals surface area contributed by atoms with Crippen molar-refractivity contribution < 1.29 is 0 Å². The molecule has 0 bridgehead atoms. The van der Waals surface area contributed by atoms with Gasteiger partial charge in [-0.1, -0.05) is 42.5 Å². The molecule has 0 radical (unpaired) electrons. The Bertz CT molecular complexity index is 1050. The molecule has 2 aliphatic heterocycles. The summed E-state index contributed by atoms with van der Waals surface area (Å²) in [5, 5.41) is 0. The molecule has 6 rings (SSSR count). The van der Waals surface area contributed by atoms with Gasteiger partial charge >= 0.3 is 0 Å². The molecule has 2 heteroatoms. The van der Waals surface area contributed by atoms with Gasteiger partial charge in [0.25, 0.3) is 0 Å². The molecule has 2 aromatic carbocycles. The smallest absolute Gasteiger partial charge is 0.100 e. The topological polar surface area (TPSA) is 8.17 Å². The van der Waals surface area contributed by atoms with E-state index >= 15 is 0 Å². The van der Waals surface area contributed by atoms with Crippen molar-refractivity contribution in [2.24, 2.45) is 0 Å². The van der Waals surface area contributed by atoms with Gasteiger partial charge in [0, 0.05) is 11.8 Å². The zero-order valence-corrected chi connectivity index (χ0v) is 13.2. The van der Waals surface area contributed by atoms with E-state index < -0.39 is 0 Å². The second kappa shape index (κ2) is 4.30. The van der Waals surface area contributed by atoms with Crippen LogP contribution in [0.5, 0.6) is 0 Å². The van der Waals surface area contributed by atoms with Gasteiger partial charge < -0.3 is 9.47 Å². The molecule has 0 amide bonds. The van der Waals surface area contributed by atoms with Crippen molar-refractivity contribution in [3.8, 4) is 5.69 Å². The van der Waals surface area contributed by atoms with Crippen LogP contribution in [0.25, 0.3) is 11.3 Å². The molecule has 0 N–H and O–H groups in total. The highest BCUT2D eigenvalue weighted by Gasteiger charge is 2.40. The normalized spacial score (nSPS) is 19.5. The molecule has 3 heterocycles. The highest BCUT2D eigenvalue weighted by atomic mass is 15.3. The summed E-state index contributed by atoms with van der Waals surface area (Å²) in [6, 6.07) is 22.2. The standard InChI is InChI=1S/C22H16N2/c1-2-10-18-16(7-1)15-8-5-9-17(15)22-21-13-6-14-23(21)19-11-3-4-12-20(19)24(18)22/h1-4,6-14,22H,5H2. The Labute approximate surface area is 141 Å². The molecule has 114 valence electrons. The highest BCUT2D eigenvalue weighted by molar-refractivity contribution is 5.97. The van der Waals surface area contributed by atoms with E-state index in [0.29, 0.717) is 0 Å². The number of rotatable bonds is 0. The van der Waals surface area contributed by atoms with Gasteiger partial charge in [0.2, 0.25) is 0 Å². The molecule has 1 aromatic heterocycles. The lowest BCUT2D eigenvalue weighted by Gasteiger charge is -2.45. The zero-order chi connectivity index (χ0) is 15.7. The van der Waals surface area contributed by atoms with Crippen molar-refractivity contribution in [3.63, 3.8) is 0 Å². The third-order valence-corrected chi connectivity index (χ3v) is 5.44. The van der Waals surface area contributed by atoms with Gasteiger partial charge in [-0.25, -0.2) is 0 Å². The SMILES string of the molecule is C1=C2C(=CC1)C1c3cccn3-c3ccccc3N1c1ccccc12. The maximum atomic E-state index is 2.52. The van der Waals surface area contributed by atoms with Crippen LogP contribution in [-0.2, 0) is 0 Å². The van der Waals surface area contributed by atoms with Gasteiger partial charge in [0.15, 0.2) is 0 Å². The Morgan fingerprint density at radius 3 is 2.46 bits per heavy atom. The molecular formula is C22H16N2. The third kappa shape index (κ3) is 1.37. The van der Waals surface area contributed by atoms with Crippen LogP contribution in [0.15, 0.2) is 84.6 Å². The van der Waals surface area contributed by atoms with Gasteiger partial charge in [0.05, 0.1) is 22.8 Å². The summed E-state index contributed by atoms with van der Waals surface area (Å²) in [5.74, 6) is 0. The van der Waals surface area contributed by atoms with E-state index in [9.17, 15) is 0 Å². The molecule has 1 unspecified atom stereocenters. The van der Waals surface area contributed by atoms with Crippen LogP contribution in [-0.4, -0.2) is 4.57 Å². The number of hydrogen-bond donors (Lipinski definition) is 0.